The average Bonchev–Trinajstić information content (AvgIpc) is 2.40. The van der Waals surface area contributed by atoms with Gasteiger partial charge in [0.15, 0.2) is 0 Å². The molecule has 92 valence electrons. The van der Waals surface area contributed by atoms with Gasteiger partial charge in [0.05, 0.1) is 6.42 Å². The first-order valence-electron chi connectivity index (χ1n) is 5.64. The number of halogens is 1. The lowest BCUT2D eigenvalue weighted by molar-refractivity contribution is -0.120. The summed E-state index contributed by atoms with van der Waals surface area (Å²) >= 11 is 3.37. The van der Waals surface area contributed by atoms with Gasteiger partial charge in [-0.1, -0.05) is 28.1 Å². The van der Waals surface area contributed by atoms with Crippen LogP contribution in [0.3, 0.4) is 0 Å². The molecule has 1 heterocycles. The van der Waals surface area contributed by atoms with Crippen molar-refractivity contribution in [1.29, 1.82) is 0 Å². The van der Waals surface area contributed by atoms with Crippen molar-refractivity contribution in [2.24, 2.45) is 0 Å². The van der Waals surface area contributed by atoms with E-state index in [1.54, 1.807) is 12.4 Å². The molecule has 3 nitrogen and oxygen atoms in total. The van der Waals surface area contributed by atoms with Crippen LogP contribution in [0.2, 0.25) is 0 Å². The van der Waals surface area contributed by atoms with Crippen LogP contribution in [0.1, 0.15) is 11.1 Å². The van der Waals surface area contributed by atoms with Crippen LogP contribution in [-0.2, 0) is 17.8 Å². The number of carbonyl (C=O) groups is 1. The fourth-order valence-corrected chi connectivity index (χ4v) is 1.82. The third-order valence-electron chi connectivity index (χ3n) is 2.52. The minimum absolute atomic E-state index is 0.0223. The van der Waals surface area contributed by atoms with Crippen molar-refractivity contribution in [1.82, 2.24) is 10.3 Å². The van der Waals surface area contributed by atoms with Gasteiger partial charge in [0.25, 0.3) is 0 Å². The van der Waals surface area contributed by atoms with Gasteiger partial charge in [-0.25, -0.2) is 0 Å². The number of hydrogen-bond acceptors (Lipinski definition) is 2. The zero-order chi connectivity index (χ0) is 12.8. The highest BCUT2D eigenvalue weighted by molar-refractivity contribution is 9.10. The maximum atomic E-state index is 11.7. The first kappa shape index (κ1) is 12.8. The number of pyridine rings is 1. The maximum absolute atomic E-state index is 11.7. The number of nitrogens with one attached hydrogen (secondary N) is 1. The Hall–Kier alpha value is -1.68. The molecule has 0 saturated carbocycles. The van der Waals surface area contributed by atoms with Gasteiger partial charge in [-0.2, -0.15) is 0 Å². The third kappa shape index (κ3) is 3.96. The van der Waals surface area contributed by atoms with Crippen molar-refractivity contribution >= 4 is 21.8 Å². The predicted molar refractivity (Wildman–Crippen MR) is 73.9 cm³/mol. The maximum Gasteiger partial charge on any atom is 0.224 e. The fourth-order valence-electron chi connectivity index (χ4n) is 1.55. The topological polar surface area (TPSA) is 42.0 Å². The molecule has 4 heteroatoms. The molecule has 0 aliphatic rings. The van der Waals surface area contributed by atoms with Gasteiger partial charge >= 0.3 is 0 Å². The van der Waals surface area contributed by atoms with Crippen LogP contribution in [0, 0.1) is 0 Å². The minimum atomic E-state index is 0.0223. The second kappa shape index (κ2) is 6.31. The molecule has 2 rings (SSSR count). The quantitative estimate of drug-likeness (QED) is 0.943. The van der Waals surface area contributed by atoms with E-state index in [1.165, 1.54) is 0 Å². The van der Waals surface area contributed by atoms with Crippen molar-refractivity contribution in [3.63, 3.8) is 0 Å². The SMILES string of the molecule is O=C(Cc1ccc(Br)cc1)NCc1ccncc1. The molecule has 0 aliphatic heterocycles. The summed E-state index contributed by atoms with van der Waals surface area (Å²) in [5.74, 6) is 0.0223. The average molecular weight is 305 g/mol. The van der Waals surface area contributed by atoms with Crippen LogP contribution in [0.25, 0.3) is 0 Å². The van der Waals surface area contributed by atoms with E-state index in [1.807, 2.05) is 36.4 Å². The van der Waals surface area contributed by atoms with E-state index in [2.05, 4.69) is 26.2 Å². The lowest BCUT2D eigenvalue weighted by Crippen LogP contribution is -2.24. The zero-order valence-electron chi connectivity index (χ0n) is 9.77. The van der Waals surface area contributed by atoms with Crippen LogP contribution >= 0.6 is 15.9 Å². The Labute approximate surface area is 114 Å². The van der Waals surface area contributed by atoms with E-state index in [-0.39, 0.29) is 5.91 Å². The fraction of sp³-hybridized carbons (Fsp3) is 0.143. The zero-order valence-corrected chi connectivity index (χ0v) is 11.4. The number of rotatable bonds is 4. The number of benzene rings is 1. The van der Waals surface area contributed by atoms with Gasteiger partial charge in [0.2, 0.25) is 5.91 Å². The molecule has 2 aromatic rings. The summed E-state index contributed by atoms with van der Waals surface area (Å²) < 4.78 is 1.02. The summed E-state index contributed by atoms with van der Waals surface area (Å²) in [7, 11) is 0. The second-order valence-corrected chi connectivity index (χ2v) is 4.85. The summed E-state index contributed by atoms with van der Waals surface area (Å²) in [6, 6.07) is 11.5. The molecule has 0 bridgehead atoms. The first-order valence-corrected chi connectivity index (χ1v) is 6.43. The molecule has 1 aromatic carbocycles. The molecule has 0 atom stereocenters. The minimum Gasteiger partial charge on any atom is -0.352 e. The van der Waals surface area contributed by atoms with Crippen molar-refractivity contribution in [2.45, 2.75) is 13.0 Å². The van der Waals surface area contributed by atoms with Crippen LogP contribution in [-0.4, -0.2) is 10.9 Å². The van der Waals surface area contributed by atoms with Gasteiger partial charge in [-0.05, 0) is 35.4 Å². The Balaban J connectivity index is 1.84. The third-order valence-corrected chi connectivity index (χ3v) is 3.05. The summed E-state index contributed by atoms with van der Waals surface area (Å²) in [6.07, 6.45) is 3.84. The molecule has 1 aromatic heterocycles. The standard InChI is InChI=1S/C14H13BrN2O/c15-13-3-1-11(2-4-13)9-14(18)17-10-12-5-7-16-8-6-12/h1-8H,9-10H2,(H,17,18). The summed E-state index contributed by atoms with van der Waals surface area (Å²) in [6.45, 7) is 0.540. The van der Waals surface area contributed by atoms with Crippen molar-refractivity contribution in [3.8, 4) is 0 Å². The Morgan fingerprint density at radius 3 is 2.39 bits per heavy atom. The van der Waals surface area contributed by atoms with Crippen LogP contribution in [0.4, 0.5) is 0 Å². The lowest BCUT2D eigenvalue weighted by Gasteiger charge is -2.05. The van der Waals surface area contributed by atoms with Gasteiger partial charge in [0, 0.05) is 23.4 Å². The molecule has 1 N–H and O–H groups in total. The number of nitrogens with zero attached hydrogens (tertiary/aromatic N) is 1. The van der Waals surface area contributed by atoms with Gasteiger partial charge < -0.3 is 5.32 Å². The lowest BCUT2D eigenvalue weighted by atomic mass is 10.1. The van der Waals surface area contributed by atoms with E-state index in [0.29, 0.717) is 13.0 Å². The Morgan fingerprint density at radius 2 is 1.72 bits per heavy atom. The highest BCUT2D eigenvalue weighted by Crippen LogP contribution is 2.10. The normalized spacial score (nSPS) is 10.1. The largest absolute Gasteiger partial charge is 0.352 e. The summed E-state index contributed by atoms with van der Waals surface area (Å²) in [5, 5.41) is 2.88. The Morgan fingerprint density at radius 1 is 1.06 bits per heavy atom. The molecule has 0 aliphatic carbocycles. The van der Waals surface area contributed by atoms with Gasteiger partial charge in [-0.3, -0.25) is 9.78 Å². The molecular formula is C14H13BrN2O. The highest BCUT2D eigenvalue weighted by atomic mass is 79.9. The molecule has 0 radical (unpaired) electrons. The first-order chi connectivity index (χ1) is 8.74. The van der Waals surface area contributed by atoms with Crippen LogP contribution in [0.5, 0.6) is 0 Å². The van der Waals surface area contributed by atoms with E-state index in [0.717, 1.165) is 15.6 Å². The predicted octanol–water partition coefficient (Wildman–Crippen LogP) is 2.70. The van der Waals surface area contributed by atoms with E-state index in [9.17, 15) is 4.79 Å². The number of carbonyl (C=O) groups excluding carboxylic acids is 1. The molecular weight excluding hydrogens is 292 g/mol. The Bertz CT molecular complexity index is 511. The summed E-state index contributed by atoms with van der Waals surface area (Å²) in [5.41, 5.74) is 2.06. The monoisotopic (exact) mass is 304 g/mol. The van der Waals surface area contributed by atoms with Gasteiger partial charge in [-0.15, -0.1) is 0 Å². The van der Waals surface area contributed by atoms with Crippen molar-refractivity contribution in [3.05, 3.63) is 64.4 Å². The van der Waals surface area contributed by atoms with Crippen molar-refractivity contribution in [2.75, 3.05) is 0 Å². The molecule has 18 heavy (non-hydrogen) atoms. The van der Waals surface area contributed by atoms with E-state index >= 15 is 0 Å². The molecule has 1 amide bonds. The van der Waals surface area contributed by atoms with Crippen molar-refractivity contribution < 1.29 is 4.79 Å². The molecule has 0 saturated heterocycles. The molecule has 0 fully saturated rings. The van der Waals surface area contributed by atoms with Crippen LogP contribution < -0.4 is 5.32 Å². The molecule has 0 unspecified atom stereocenters. The Kier molecular flexibility index (Phi) is 4.47. The number of amides is 1. The molecule has 0 spiro atoms. The van der Waals surface area contributed by atoms with Crippen LogP contribution in [0.15, 0.2) is 53.3 Å². The highest BCUT2D eigenvalue weighted by Gasteiger charge is 2.03. The van der Waals surface area contributed by atoms with Gasteiger partial charge in [0.1, 0.15) is 0 Å². The summed E-state index contributed by atoms with van der Waals surface area (Å²) in [4.78, 5) is 15.7. The smallest absolute Gasteiger partial charge is 0.224 e. The number of hydrogen-bond donors (Lipinski definition) is 1. The second-order valence-electron chi connectivity index (χ2n) is 3.94. The van der Waals surface area contributed by atoms with E-state index < -0.39 is 0 Å². The number of aromatic nitrogens is 1. The van der Waals surface area contributed by atoms with E-state index in [4.69, 9.17) is 0 Å².